The summed E-state index contributed by atoms with van der Waals surface area (Å²) in [6, 6.07) is 14.5. The van der Waals surface area contributed by atoms with Crippen LogP contribution in [0.1, 0.15) is 60.9 Å². The Hall–Kier alpha value is -4.27. The van der Waals surface area contributed by atoms with Crippen LogP contribution in [0, 0.1) is 5.92 Å². The molecule has 1 saturated heterocycles. The molecular formula is C33H39N7O2. The molecule has 1 fully saturated rings. The number of piperidine rings is 1. The van der Waals surface area contributed by atoms with E-state index in [9.17, 15) is 9.90 Å². The molecule has 4 aromatic rings. The van der Waals surface area contributed by atoms with Crippen LogP contribution < -0.4 is 15.5 Å². The van der Waals surface area contributed by atoms with Crippen LogP contribution in [0.5, 0.6) is 0 Å². The van der Waals surface area contributed by atoms with Gasteiger partial charge in [-0.05, 0) is 74.3 Å². The Morgan fingerprint density at radius 2 is 2.00 bits per heavy atom. The molecule has 0 amide bonds. The van der Waals surface area contributed by atoms with Crippen LogP contribution in [0.25, 0.3) is 10.9 Å². The molecule has 42 heavy (non-hydrogen) atoms. The molecule has 9 heteroatoms. The molecule has 2 aliphatic rings. The highest BCUT2D eigenvalue weighted by Crippen LogP contribution is 2.33. The van der Waals surface area contributed by atoms with Crippen molar-refractivity contribution in [1.29, 1.82) is 0 Å². The molecule has 1 atom stereocenters. The third-order valence-corrected chi connectivity index (χ3v) is 8.70. The molecule has 0 bridgehead atoms. The third-order valence-electron chi connectivity index (χ3n) is 8.70. The summed E-state index contributed by atoms with van der Waals surface area (Å²) in [5.41, 5.74) is 5.54. The third kappa shape index (κ3) is 6.15. The SMILES string of the molecule is CCc1c(NC[C@H](CCc2cnc3ccccc3c2)C(=O)O)ncnc1N1CCC(c2ccc3c(n2)NCCC3)CC1. The lowest BCUT2D eigenvalue weighted by Crippen LogP contribution is -2.35. The molecule has 0 aliphatic carbocycles. The van der Waals surface area contributed by atoms with E-state index in [0.29, 0.717) is 25.3 Å². The maximum absolute atomic E-state index is 12.1. The first-order chi connectivity index (χ1) is 20.6. The van der Waals surface area contributed by atoms with Crippen molar-refractivity contribution in [3.63, 3.8) is 0 Å². The number of para-hydroxylation sites is 1. The summed E-state index contributed by atoms with van der Waals surface area (Å²) < 4.78 is 0. The van der Waals surface area contributed by atoms with Gasteiger partial charge in [-0.3, -0.25) is 9.78 Å². The molecule has 0 radical (unpaired) electrons. The number of carbonyl (C=O) groups is 1. The Kier molecular flexibility index (Phi) is 8.44. The van der Waals surface area contributed by atoms with Crippen LogP contribution in [0.3, 0.4) is 0 Å². The Bertz CT molecular complexity index is 1550. The first-order valence-electron chi connectivity index (χ1n) is 15.2. The van der Waals surface area contributed by atoms with Gasteiger partial charge in [0.1, 0.15) is 23.8 Å². The summed E-state index contributed by atoms with van der Waals surface area (Å²) in [4.78, 5) is 33.2. The molecule has 218 valence electrons. The van der Waals surface area contributed by atoms with Crippen LogP contribution in [-0.2, 0) is 24.1 Å². The lowest BCUT2D eigenvalue weighted by Gasteiger charge is -2.34. The monoisotopic (exact) mass is 565 g/mol. The van der Waals surface area contributed by atoms with Crippen molar-refractivity contribution < 1.29 is 9.90 Å². The zero-order valence-electron chi connectivity index (χ0n) is 24.2. The number of hydrogen-bond donors (Lipinski definition) is 3. The Labute approximate surface area is 246 Å². The van der Waals surface area contributed by atoms with Crippen molar-refractivity contribution in [3.05, 3.63) is 77.4 Å². The van der Waals surface area contributed by atoms with Gasteiger partial charge in [-0.2, -0.15) is 0 Å². The van der Waals surface area contributed by atoms with Gasteiger partial charge >= 0.3 is 5.97 Å². The van der Waals surface area contributed by atoms with Gasteiger partial charge in [0, 0.05) is 54.9 Å². The standard InChI is InChI=1S/C33H39N7O2/c1-2-27-31(36-20-26(33(41)42)10-9-22-18-25-6-3-4-8-28(25)35-19-22)37-21-38-32(27)40-16-13-23(14-17-40)29-12-11-24-7-5-15-34-30(24)39-29/h3-4,6,8,11-12,18-19,21,23,26H,2,5,7,9-10,13-17,20H2,1H3,(H,34,39)(H,41,42)(H,36,37,38)/t26-/m0/s1. The molecule has 5 heterocycles. The number of carboxylic acid groups (broad SMARTS) is 1. The zero-order valence-corrected chi connectivity index (χ0v) is 24.2. The maximum Gasteiger partial charge on any atom is 0.308 e. The number of aromatic nitrogens is 4. The summed E-state index contributed by atoms with van der Waals surface area (Å²) in [6.07, 6.45) is 9.68. The van der Waals surface area contributed by atoms with E-state index in [1.54, 1.807) is 6.33 Å². The minimum Gasteiger partial charge on any atom is -0.481 e. The lowest BCUT2D eigenvalue weighted by molar-refractivity contribution is -0.141. The first kappa shape index (κ1) is 27.9. The second kappa shape index (κ2) is 12.7. The predicted molar refractivity (Wildman–Crippen MR) is 166 cm³/mol. The number of rotatable bonds is 10. The maximum atomic E-state index is 12.1. The number of pyridine rings is 2. The summed E-state index contributed by atoms with van der Waals surface area (Å²) in [6.45, 7) is 5.21. The number of fused-ring (bicyclic) bond motifs is 2. The minimum atomic E-state index is -0.809. The van der Waals surface area contributed by atoms with Crippen LogP contribution in [0.2, 0.25) is 0 Å². The van der Waals surface area contributed by atoms with E-state index in [0.717, 1.165) is 84.8 Å². The highest BCUT2D eigenvalue weighted by Gasteiger charge is 2.26. The number of hydrogen-bond acceptors (Lipinski definition) is 8. The molecule has 0 saturated carbocycles. The molecule has 3 N–H and O–H groups in total. The van der Waals surface area contributed by atoms with Gasteiger partial charge in [0.05, 0.1) is 11.4 Å². The van der Waals surface area contributed by atoms with E-state index >= 15 is 0 Å². The van der Waals surface area contributed by atoms with Crippen molar-refractivity contribution in [2.45, 2.75) is 57.8 Å². The molecule has 6 rings (SSSR count). The van der Waals surface area contributed by atoms with Gasteiger partial charge in [0.25, 0.3) is 0 Å². The molecule has 3 aromatic heterocycles. The van der Waals surface area contributed by atoms with Crippen LogP contribution in [-0.4, -0.2) is 57.2 Å². The van der Waals surface area contributed by atoms with E-state index < -0.39 is 11.9 Å². The first-order valence-corrected chi connectivity index (χ1v) is 15.2. The van der Waals surface area contributed by atoms with E-state index in [1.807, 2.05) is 30.5 Å². The van der Waals surface area contributed by atoms with E-state index in [-0.39, 0.29) is 0 Å². The number of anilines is 3. The average molecular weight is 566 g/mol. The van der Waals surface area contributed by atoms with Gasteiger partial charge in [-0.1, -0.05) is 31.2 Å². The summed E-state index contributed by atoms with van der Waals surface area (Å²) in [5.74, 6) is 1.82. The van der Waals surface area contributed by atoms with Crippen molar-refractivity contribution in [2.24, 2.45) is 5.92 Å². The van der Waals surface area contributed by atoms with Crippen LogP contribution in [0.15, 0.2) is 55.0 Å². The van der Waals surface area contributed by atoms with E-state index in [1.165, 1.54) is 17.7 Å². The van der Waals surface area contributed by atoms with Gasteiger partial charge in [-0.25, -0.2) is 15.0 Å². The Morgan fingerprint density at radius 3 is 2.83 bits per heavy atom. The van der Waals surface area contributed by atoms with Gasteiger partial charge < -0.3 is 20.6 Å². The van der Waals surface area contributed by atoms with Gasteiger partial charge in [0.2, 0.25) is 0 Å². The minimum absolute atomic E-state index is 0.305. The molecule has 9 nitrogen and oxygen atoms in total. The predicted octanol–water partition coefficient (Wildman–Crippen LogP) is 5.47. The number of aryl methyl sites for hydroxylation is 2. The van der Waals surface area contributed by atoms with Gasteiger partial charge in [0.15, 0.2) is 0 Å². The van der Waals surface area contributed by atoms with Crippen molar-refractivity contribution >= 4 is 34.3 Å². The van der Waals surface area contributed by atoms with Crippen molar-refractivity contribution in [1.82, 2.24) is 19.9 Å². The smallest absolute Gasteiger partial charge is 0.308 e. The summed E-state index contributed by atoms with van der Waals surface area (Å²) >= 11 is 0. The highest BCUT2D eigenvalue weighted by atomic mass is 16.4. The fourth-order valence-electron chi connectivity index (χ4n) is 6.24. The van der Waals surface area contributed by atoms with Crippen molar-refractivity contribution in [2.75, 3.05) is 41.7 Å². The number of nitrogens with zero attached hydrogens (tertiary/aromatic N) is 5. The highest BCUT2D eigenvalue weighted by molar-refractivity contribution is 5.78. The van der Waals surface area contributed by atoms with E-state index in [2.05, 4.69) is 55.6 Å². The average Bonchev–Trinajstić information content (AvgIpc) is 3.04. The fraction of sp³-hybridized carbons (Fsp3) is 0.424. The molecular weight excluding hydrogens is 526 g/mol. The molecule has 0 spiro atoms. The summed E-state index contributed by atoms with van der Waals surface area (Å²) in [7, 11) is 0. The topological polar surface area (TPSA) is 116 Å². The van der Waals surface area contributed by atoms with E-state index in [4.69, 9.17) is 4.98 Å². The number of nitrogens with one attached hydrogen (secondary N) is 2. The summed E-state index contributed by atoms with van der Waals surface area (Å²) in [5, 5.41) is 17.9. The Morgan fingerprint density at radius 1 is 1.14 bits per heavy atom. The normalized spacial score (nSPS) is 16.1. The lowest BCUT2D eigenvalue weighted by atomic mass is 9.92. The number of aliphatic carboxylic acids is 1. The number of carboxylic acids is 1. The zero-order chi connectivity index (χ0) is 28.9. The quantitative estimate of drug-likeness (QED) is 0.230. The molecule has 2 aliphatic heterocycles. The fourth-order valence-corrected chi connectivity index (χ4v) is 6.24. The Balaban J connectivity index is 1.08. The van der Waals surface area contributed by atoms with Crippen molar-refractivity contribution in [3.8, 4) is 0 Å². The second-order valence-electron chi connectivity index (χ2n) is 11.4. The van der Waals surface area contributed by atoms with Gasteiger partial charge in [-0.15, -0.1) is 0 Å². The van der Waals surface area contributed by atoms with Crippen LogP contribution in [0.4, 0.5) is 17.5 Å². The van der Waals surface area contributed by atoms with Crippen LogP contribution >= 0.6 is 0 Å². The number of benzene rings is 1. The largest absolute Gasteiger partial charge is 0.481 e. The molecule has 1 aromatic carbocycles. The second-order valence-corrected chi connectivity index (χ2v) is 11.4. The molecule has 0 unspecified atom stereocenters.